The molecule has 3 heterocycles. The molecule has 138 valence electrons. The molecule has 0 unspecified atom stereocenters. The number of rotatable bonds is 3. The largest absolute Gasteiger partial charge is 0.353 e. The van der Waals surface area contributed by atoms with E-state index in [2.05, 4.69) is 20.0 Å². The van der Waals surface area contributed by atoms with Gasteiger partial charge in [-0.25, -0.2) is 14.6 Å². The van der Waals surface area contributed by atoms with Gasteiger partial charge in [-0.05, 0) is 25.8 Å². The van der Waals surface area contributed by atoms with Crippen molar-refractivity contribution in [2.45, 2.75) is 39.0 Å². The van der Waals surface area contributed by atoms with Crippen LogP contribution in [0.5, 0.6) is 0 Å². The van der Waals surface area contributed by atoms with E-state index < -0.39 is 0 Å². The average Bonchev–Trinajstić information content (AvgIpc) is 3.15. The summed E-state index contributed by atoms with van der Waals surface area (Å²) in [7, 11) is 0. The molecular weight excluding hydrogens is 328 g/mol. The number of amides is 1. The molecule has 0 spiro atoms. The Morgan fingerprint density at radius 3 is 2.46 bits per heavy atom. The molecule has 1 saturated carbocycles. The number of hydrogen-bond donors (Lipinski definition) is 0. The molecule has 7 nitrogen and oxygen atoms in total. The molecule has 26 heavy (non-hydrogen) atoms. The van der Waals surface area contributed by atoms with Gasteiger partial charge in [0, 0.05) is 44.4 Å². The van der Waals surface area contributed by atoms with E-state index in [9.17, 15) is 4.79 Å². The molecule has 2 aromatic rings. The number of anilines is 1. The minimum absolute atomic E-state index is 0.254. The van der Waals surface area contributed by atoms with Crippen molar-refractivity contribution in [1.29, 1.82) is 0 Å². The molecule has 7 heteroatoms. The predicted molar refractivity (Wildman–Crippen MR) is 99.3 cm³/mol. The van der Waals surface area contributed by atoms with E-state index in [0.29, 0.717) is 5.91 Å². The van der Waals surface area contributed by atoms with Crippen molar-refractivity contribution in [3.63, 3.8) is 0 Å². The van der Waals surface area contributed by atoms with E-state index in [4.69, 9.17) is 0 Å². The van der Waals surface area contributed by atoms with Crippen molar-refractivity contribution in [1.82, 2.24) is 24.6 Å². The smallest absolute Gasteiger partial charge is 0.225 e. The Morgan fingerprint density at radius 1 is 1.04 bits per heavy atom. The molecule has 0 radical (unpaired) electrons. The summed E-state index contributed by atoms with van der Waals surface area (Å²) in [6, 6.07) is 3.92. The highest BCUT2D eigenvalue weighted by Crippen LogP contribution is 2.26. The highest BCUT2D eigenvalue weighted by molar-refractivity contribution is 5.79. The van der Waals surface area contributed by atoms with Crippen molar-refractivity contribution in [2.24, 2.45) is 5.92 Å². The minimum Gasteiger partial charge on any atom is -0.353 e. The van der Waals surface area contributed by atoms with Crippen LogP contribution < -0.4 is 4.90 Å². The number of carbonyl (C=O) groups excluding carboxylic acids is 1. The number of aryl methyl sites for hydroxylation is 1. The summed E-state index contributed by atoms with van der Waals surface area (Å²) in [4.78, 5) is 25.7. The third kappa shape index (κ3) is 3.57. The molecule has 1 saturated heterocycles. The zero-order chi connectivity index (χ0) is 17.9. The maximum absolute atomic E-state index is 12.7. The van der Waals surface area contributed by atoms with Crippen LogP contribution in [0.3, 0.4) is 0 Å². The molecule has 2 aromatic heterocycles. The van der Waals surface area contributed by atoms with Crippen LogP contribution in [0.15, 0.2) is 24.7 Å². The number of carbonyl (C=O) groups is 1. The van der Waals surface area contributed by atoms with Crippen molar-refractivity contribution < 1.29 is 4.79 Å². The summed E-state index contributed by atoms with van der Waals surface area (Å²) in [6.07, 6.45) is 9.31. The van der Waals surface area contributed by atoms with Gasteiger partial charge in [-0.3, -0.25) is 4.79 Å². The quantitative estimate of drug-likeness (QED) is 0.845. The fourth-order valence-electron chi connectivity index (χ4n) is 3.94. The second kappa shape index (κ2) is 7.43. The van der Waals surface area contributed by atoms with E-state index in [-0.39, 0.29) is 5.92 Å². The van der Waals surface area contributed by atoms with Gasteiger partial charge in [0.25, 0.3) is 0 Å². The molecule has 0 N–H and O–H groups in total. The molecule has 2 aliphatic rings. The minimum atomic E-state index is 0.254. The highest BCUT2D eigenvalue weighted by Gasteiger charge is 2.28. The van der Waals surface area contributed by atoms with E-state index >= 15 is 0 Å². The van der Waals surface area contributed by atoms with Crippen LogP contribution in [-0.2, 0) is 4.79 Å². The zero-order valence-corrected chi connectivity index (χ0v) is 15.3. The van der Waals surface area contributed by atoms with Crippen LogP contribution in [0.4, 0.5) is 5.82 Å². The fraction of sp³-hybridized carbons (Fsp3) is 0.579. The summed E-state index contributed by atoms with van der Waals surface area (Å²) in [5.74, 6) is 2.28. The lowest BCUT2D eigenvalue weighted by molar-refractivity contribution is -0.136. The second-order valence-corrected chi connectivity index (χ2v) is 7.28. The van der Waals surface area contributed by atoms with E-state index in [1.807, 2.05) is 30.2 Å². The van der Waals surface area contributed by atoms with Gasteiger partial charge in [0.05, 0.1) is 5.69 Å². The summed E-state index contributed by atoms with van der Waals surface area (Å²) in [5.41, 5.74) is 0.958. The Bertz CT molecular complexity index is 759. The topological polar surface area (TPSA) is 67.2 Å². The Labute approximate surface area is 154 Å². The first kappa shape index (κ1) is 17.0. The number of aromatic nitrogens is 4. The van der Waals surface area contributed by atoms with Gasteiger partial charge in [0.2, 0.25) is 5.91 Å². The molecule has 0 atom stereocenters. The standard InChI is InChI=1S/C19H26N6O/c1-15-7-8-25(22-15)18-13-17(20-14-21-18)23-9-11-24(12-10-23)19(26)16-5-3-2-4-6-16/h7-8,13-14,16H,2-6,9-12H2,1H3. The van der Waals surface area contributed by atoms with E-state index in [0.717, 1.165) is 56.4 Å². The number of hydrogen-bond acceptors (Lipinski definition) is 5. The molecule has 1 aliphatic carbocycles. The third-order valence-electron chi connectivity index (χ3n) is 5.47. The lowest BCUT2D eigenvalue weighted by atomic mass is 9.88. The van der Waals surface area contributed by atoms with Crippen molar-refractivity contribution in [3.05, 3.63) is 30.4 Å². The maximum atomic E-state index is 12.7. The van der Waals surface area contributed by atoms with Gasteiger partial charge in [-0.1, -0.05) is 19.3 Å². The van der Waals surface area contributed by atoms with Crippen molar-refractivity contribution >= 4 is 11.7 Å². The van der Waals surface area contributed by atoms with Crippen LogP contribution in [-0.4, -0.2) is 56.7 Å². The van der Waals surface area contributed by atoms with Gasteiger partial charge < -0.3 is 9.80 Å². The number of piperazine rings is 1. The molecular formula is C19H26N6O. The van der Waals surface area contributed by atoms with Gasteiger partial charge in [-0.15, -0.1) is 0 Å². The van der Waals surface area contributed by atoms with Gasteiger partial charge in [0.1, 0.15) is 12.1 Å². The highest BCUT2D eigenvalue weighted by atomic mass is 16.2. The van der Waals surface area contributed by atoms with Crippen LogP contribution in [0.25, 0.3) is 5.82 Å². The first-order valence-corrected chi connectivity index (χ1v) is 9.59. The Kier molecular flexibility index (Phi) is 4.86. The zero-order valence-electron chi connectivity index (χ0n) is 15.3. The van der Waals surface area contributed by atoms with Crippen LogP contribution in [0, 0.1) is 12.8 Å². The Hall–Kier alpha value is -2.44. The lowest BCUT2D eigenvalue weighted by Gasteiger charge is -2.37. The second-order valence-electron chi connectivity index (χ2n) is 7.28. The van der Waals surface area contributed by atoms with Gasteiger partial charge >= 0.3 is 0 Å². The van der Waals surface area contributed by atoms with Crippen LogP contribution in [0.2, 0.25) is 0 Å². The molecule has 0 bridgehead atoms. The summed E-state index contributed by atoms with van der Waals surface area (Å²) in [6.45, 7) is 5.13. The molecule has 4 rings (SSSR count). The predicted octanol–water partition coefficient (Wildman–Crippen LogP) is 2.20. The lowest BCUT2D eigenvalue weighted by Crippen LogP contribution is -2.50. The van der Waals surface area contributed by atoms with Gasteiger partial charge in [-0.2, -0.15) is 5.10 Å². The van der Waals surface area contributed by atoms with Gasteiger partial charge in [0.15, 0.2) is 5.82 Å². The number of nitrogens with zero attached hydrogens (tertiary/aromatic N) is 6. The fourth-order valence-corrected chi connectivity index (χ4v) is 3.94. The third-order valence-corrected chi connectivity index (χ3v) is 5.47. The van der Waals surface area contributed by atoms with E-state index in [1.165, 1.54) is 19.3 Å². The summed E-state index contributed by atoms with van der Waals surface area (Å²) < 4.78 is 1.77. The van der Waals surface area contributed by atoms with Crippen LogP contribution >= 0.6 is 0 Å². The first-order valence-electron chi connectivity index (χ1n) is 9.59. The maximum Gasteiger partial charge on any atom is 0.225 e. The van der Waals surface area contributed by atoms with Crippen molar-refractivity contribution in [3.8, 4) is 5.82 Å². The SMILES string of the molecule is Cc1ccn(-c2cc(N3CCN(C(=O)C4CCCCC4)CC3)ncn2)n1. The summed E-state index contributed by atoms with van der Waals surface area (Å²) in [5, 5.41) is 4.41. The Morgan fingerprint density at radius 2 is 1.77 bits per heavy atom. The van der Waals surface area contributed by atoms with Crippen molar-refractivity contribution in [2.75, 3.05) is 31.1 Å². The molecule has 2 fully saturated rings. The molecule has 1 amide bonds. The monoisotopic (exact) mass is 354 g/mol. The van der Waals surface area contributed by atoms with Crippen LogP contribution in [0.1, 0.15) is 37.8 Å². The average molecular weight is 354 g/mol. The normalized spacial score (nSPS) is 19.0. The van der Waals surface area contributed by atoms with E-state index in [1.54, 1.807) is 11.0 Å². The first-order chi connectivity index (χ1) is 12.7. The molecule has 0 aromatic carbocycles. The molecule has 1 aliphatic heterocycles. The Balaban J connectivity index is 1.39. The summed E-state index contributed by atoms with van der Waals surface area (Å²) >= 11 is 0.